The zero-order chi connectivity index (χ0) is 18.6. The third-order valence-electron chi connectivity index (χ3n) is 4.06. The van der Waals surface area contributed by atoms with Crippen LogP contribution in [-0.2, 0) is 0 Å². The number of hydrogen-bond acceptors (Lipinski definition) is 4. The minimum Gasteiger partial charge on any atom is -0.350 e. The minimum atomic E-state index is -0.512. The highest BCUT2D eigenvalue weighted by Crippen LogP contribution is 2.22. The third kappa shape index (κ3) is 4.39. The maximum Gasteiger partial charge on any atom is 0.273 e. The summed E-state index contributed by atoms with van der Waals surface area (Å²) in [5, 5.41) is 13.8. The van der Waals surface area contributed by atoms with Gasteiger partial charge >= 0.3 is 0 Å². The Bertz CT molecular complexity index is 793. The van der Waals surface area contributed by atoms with E-state index in [4.69, 9.17) is 0 Å². The van der Waals surface area contributed by atoms with Gasteiger partial charge < -0.3 is 10.2 Å². The molecule has 0 aliphatic rings. The number of nitrogens with zero attached hydrogens (tertiary/aromatic N) is 2. The molecule has 0 bridgehead atoms. The Morgan fingerprint density at radius 2 is 1.96 bits per heavy atom. The number of nitro groups is 1. The molecule has 1 N–H and O–H groups in total. The summed E-state index contributed by atoms with van der Waals surface area (Å²) >= 11 is 0. The van der Waals surface area contributed by atoms with Crippen LogP contribution in [0.2, 0.25) is 0 Å². The second-order valence-corrected chi connectivity index (χ2v) is 5.95. The van der Waals surface area contributed by atoms with Gasteiger partial charge in [-0.25, -0.2) is 4.39 Å². The van der Waals surface area contributed by atoms with E-state index in [0.29, 0.717) is 5.56 Å². The quantitative estimate of drug-likeness (QED) is 0.645. The standard InChI is InChI=1S/C18H20FN3O3/c1-12-15(8-5-9-16(12)22(24)25)18(23)20-11-17(21(2)3)13-6-4-7-14(19)10-13/h4-10,17H,11H2,1-3H3,(H,20,23). The van der Waals surface area contributed by atoms with Gasteiger partial charge in [-0.15, -0.1) is 0 Å². The molecule has 0 aliphatic heterocycles. The SMILES string of the molecule is Cc1c(C(=O)NCC(c2cccc(F)c2)N(C)C)cccc1[N+](=O)[O-]. The zero-order valence-electron chi connectivity index (χ0n) is 14.3. The van der Waals surface area contributed by atoms with Crippen molar-refractivity contribution in [1.29, 1.82) is 0 Å². The molecule has 1 unspecified atom stereocenters. The van der Waals surface area contributed by atoms with E-state index in [1.165, 1.54) is 24.3 Å². The highest BCUT2D eigenvalue weighted by Gasteiger charge is 2.20. The first-order chi connectivity index (χ1) is 11.8. The average molecular weight is 345 g/mol. The average Bonchev–Trinajstić information content (AvgIpc) is 2.54. The van der Waals surface area contributed by atoms with E-state index in [-0.39, 0.29) is 29.7 Å². The van der Waals surface area contributed by atoms with E-state index in [2.05, 4.69) is 5.32 Å². The van der Waals surface area contributed by atoms with Gasteiger partial charge in [0.15, 0.2) is 0 Å². The summed E-state index contributed by atoms with van der Waals surface area (Å²) in [7, 11) is 3.67. The predicted octanol–water partition coefficient (Wildman–Crippen LogP) is 3.08. The Kier molecular flexibility index (Phi) is 5.82. The number of nitro benzene ring substituents is 1. The van der Waals surface area contributed by atoms with Crippen molar-refractivity contribution in [3.05, 3.63) is 75.1 Å². The minimum absolute atomic E-state index is 0.0954. The van der Waals surface area contributed by atoms with E-state index < -0.39 is 10.8 Å². The number of rotatable bonds is 6. The molecule has 0 aromatic heterocycles. The molecule has 0 aliphatic carbocycles. The lowest BCUT2D eigenvalue weighted by Gasteiger charge is -2.25. The molecule has 0 fully saturated rings. The van der Waals surface area contributed by atoms with Crippen molar-refractivity contribution in [2.45, 2.75) is 13.0 Å². The van der Waals surface area contributed by atoms with E-state index in [1.807, 2.05) is 19.0 Å². The Morgan fingerprint density at radius 1 is 1.28 bits per heavy atom. The van der Waals surface area contributed by atoms with Crippen molar-refractivity contribution in [2.75, 3.05) is 20.6 Å². The van der Waals surface area contributed by atoms with Crippen LogP contribution in [0.15, 0.2) is 42.5 Å². The van der Waals surface area contributed by atoms with Crippen molar-refractivity contribution in [1.82, 2.24) is 10.2 Å². The number of likely N-dealkylation sites (N-methyl/N-ethyl adjacent to an activating group) is 1. The molecule has 6 nitrogen and oxygen atoms in total. The molecule has 1 amide bonds. The fourth-order valence-electron chi connectivity index (χ4n) is 2.66. The van der Waals surface area contributed by atoms with Gasteiger partial charge in [0.1, 0.15) is 5.82 Å². The van der Waals surface area contributed by atoms with Gasteiger partial charge in [0.2, 0.25) is 0 Å². The smallest absolute Gasteiger partial charge is 0.273 e. The Labute approximate surface area is 145 Å². The number of benzene rings is 2. The molecule has 0 radical (unpaired) electrons. The van der Waals surface area contributed by atoms with Crippen molar-refractivity contribution in [2.24, 2.45) is 0 Å². The van der Waals surface area contributed by atoms with Gasteiger partial charge in [0, 0.05) is 23.7 Å². The van der Waals surface area contributed by atoms with Crippen LogP contribution in [0.5, 0.6) is 0 Å². The summed E-state index contributed by atoms with van der Waals surface area (Å²) in [4.78, 5) is 24.8. The Morgan fingerprint density at radius 3 is 2.56 bits per heavy atom. The normalized spacial score (nSPS) is 12.0. The zero-order valence-corrected chi connectivity index (χ0v) is 14.3. The maximum absolute atomic E-state index is 13.5. The van der Waals surface area contributed by atoms with E-state index in [0.717, 1.165) is 5.56 Å². The van der Waals surface area contributed by atoms with E-state index >= 15 is 0 Å². The predicted molar refractivity (Wildman–Crippen MR) is 93.0 cm³/mol. The largest absolute Gasteiger partial charge is 0.350 e. The van der Waals surface area contributed by atoms with E-state index in [9.17, 15) is 19.3 Å². The number of carbonyl (C=O) groups excluding carboxylic acids is 1. The first-order valence-electron chi connectivity index (χ1n) is 7.75. The van der Waals surface area contributed by atoms with Crippen molar-refractivity contribution < 1.29 is 14.1 Å². The Balaban J connectivity index is 2.17. The maximum atomic E-state index is 13.5. The summed E-state index contributed by atoms with van der Waals surface area (Å²) in [5.74, 6) is -0.741. The molecule has 0 saturated heterocycles. The molecule has 2 aromatic carbocycles. The van der Waals surface area contributed by atoms with Crippen LogP contribution in [0.4, 0.5) is 10.1 Å². The van der Waals surface area contributed by atoms with Crippen LogP contribution < -0.4 is 5.32 Å². The summed E-state index contributed by atoms with van der Waals surface area (Å²) < 4.78 is 13.5. The van der Waals surface area contributed by atoms with Crippen LogP contribution in [0.3, 0.4) is 0 Å². The van der Waals surface area contributed by atoms with Crippen LogP contribution in [0, 0.1) is 22.9 Å². The number of hydrogen-bond donors (Lipinski definition) is 1. The molecule has 2 rings (SSSR count). The molecular weight excluding hydrogens is 325 g/mol. The lowest BCUT2D eigenvalue weighted by molar-refractivity contribution is -0.385. The lowest BCUT2D eigenvalue weighted by atomic mass is 10.0. The monoisotopic (exact) mass is 345 g/mol. The second kappa shape index (κ2) is 7.85. The van der Waals surface area contributed by atoms with E-state index in [1.54, 1.807) is 25.1 Å². The third-order valence-corrected chi connectivity index (χ3v) is 4.06. The van der Waals surface area contributed by atoms with Crippen LogP contribution in [0.25, 0.3) is 0 Å². The molecule has 132 valence electrons. The summed E-state index contributed by atoms with van der Waals surface area (Å²) in [5.41, 5.74) is 1.21. The molecule has 0 spiro atoms. The molecule has 0 heterocycles. The van der Waals surface area contributed by atoms with Crippen LogP contribution >= 0.6 is 0 Å². The first-order valence-corrected chi connectivity index (χ1v) is 7.75. The highest BCUT2D eigenvalue weighted by molar-refractivity contribution is 5.96. The van der Waals surface area contributed by atoms with Gasteiger partial charge in [0.25, 0.3) is 11.6 Å². The second-order valence-electron chi connectivity index (χ2n) is 5.95. The van der Waals surface area contributed by atoms with Gasteiger partial charge in [-0.1, -0.05) is 18.2 Å². The molecule has 1 atom stereocenters. The van der Waals surface area contributed by atoms with Crippen molar-refractivity contribution >= 4 is 11.6 Å². The first kappa shape index (κ1) is 18.5. The van der Waals surface area contributed by atoms with Crippen molar-refractivity contribution in [3.63, 3.8) is 0 Å². The van der Waals surface area contributed by atoms with Crippen molar-refractivity contribution in [3.8, 4) is 0 Å². The lowest BCUT2D eigenvalue weighted by Crippen LogP contribution is -2.34. The van der Waals surface area contributed by atoms with Gasteiger partial charge in [-0.3, -0.25) is 14.9 Å². The molecule has 25 heavy (non-hydrogen) atoms. The fourth-order valence-corrected chi connectivity index (χ4v) is 2.66. The molecule has 2 aromatic rings. The summed E-state index contributed by atoms with van der Waals surface area (Å²) in [6, 6.07) is 10.4. The van der Waals surface area contributed by atoms with Gasteiger partial charge in [0.05, 0.1) is 11.0 Å². The Hall–Kier alpha value is -2.80. The highest BCUT2D eigenvalue weighted by atomic mass is 19.1. The summed E-state index contributed by atoms with van der Waals surface area (Å²) in [6.45, 7) is 1.79. The van der Waals surface area contributed by atoms with Crippen LogP contribution in [0.1, 0.15) is 27.5 Å². The molecule has 7 heteroatoms. The number of halogens is 1. The topological polar surface area (TPSA) is 75.5 Å². The summed E-state index contributed by atoms with van der Waals surface area (Å²) in [6.07, 6.45) is 0. The van der Waals surface area contributed by atoms with Gasteiger partial charge in [-0.2, -0.15) is 0 Å². The number of amides is 1. The molecular formula is C18H20FN3O3. The fraction of sp³-hybridized carbons (Fsp3) is 0.278. The number of nitrogens with one attached hydrogen (secondary N) is 1. The number of carbonyl (C=O) groups is 1. The van der Waals surface area contributed by atoms with Crippen LogP contribution in [-0.4, -0.2) is 36.4 Å². The molecule has 0 saturated carbocycles. The van der Waals surface area contributed by atoms with Gasteiger partial charge in [-0.05, 0) is 44.8 Å².